The molecule has 1 aromatic rings. The molecule has 18 heavy (non-hydrogen) atoms. The van der Waals surface area contributed by atoms with Crippen molar-refractivity contribution in [2.45, 2.75) is 51.7 Å². The minimum atomic E-state index is 0.384. The Labute approximate surface area is 113 Å². The van der Waals surface area contributed by atoms with E-state index < -0.39 is 0 Å². The van der Waals surface area contributed by atoms with Gasteiger partial charge >= 0.3 is 0 Å². The van der Waals surface area contributed by atoms with Crippen LogP contribution in [0.3, 0.4) is 0 Å². The van der Waals surface area contributed by atoms with Crippen molar-refractivity contribution in [3.05, 3.63) is 16.5 Å². The third-order valence-corrected chi connectivity index (χ3v) is 3.74. The van der Waals surface area contributed by atoms with Gasteiger partial charge in [0.1, 0.15) is 16.8 Å². The van der Waals surface area contributed by atoms with Gasteiger partial charge in [0.2, 0.25) is 0 Å². The lowest BCUT2D eigenvalue weighted by atomic mass is 9.89. The second-order valence-electron chi connectivity index (χ2n) is 4.82. The Morgan fingerprint density at radius 3 is 2.72 bits per heavy atom. The first-order valence-corrected chi connectivity index (χ1v) is 6.84. The average molecular weight is 270 g/mol. The van der Waals surface area contributed by atoms with Crippen LogP contribution < -0.4 is 5.32 Å². The lowest BCUT2D eigenvalue weighted by Gasteiger charge is -2.35. The van der Waals surface area contributed by atoms with Crippen LogP contribution in [-0.4, -0.2) is 29.2 Å². The number of methoxy groups -OCH3 is 1. The van der Waals surface area contributed by atoms with Crippen molar-refractivity contribution in [3.8, 4) is 0 Å². The second-order valence-corrected chi connectivity index (χ2v) is 5.18. The molecule has 0 aromatic carbocycles. The molecule has 100 valence electrons. The number of aromatic nitrogens is 2. The van der Waals surface area contributed by atoms with Gasteiger partial charge in [-0.1, -0.05) is 18.5 Å². The summed E-state index contributed by atoms with van der Waals surface area (Å²) in [5, 5.41) is 3.99. The minimum absolute atomic E-state index is 0.384. The maximum Gasteiger partial charge on any atom is 0.137 e. The van der Waals surface area contributed by atoms with E-state index in [1.165, 1.54) is 0 Å². The molecule has 0 aliphatic heterocycles. The highest BCUT2D eigenvalue weighted by Crippen LogP contribution is 2.28. The molecule has 0 amide bonds. The molecule has 0 spiro atoms. The van der Waals surface area contributed by atoms with E-state index in [0.717, 1.165) is 42.9 Å². The van der Waals surface area contributed by atoms with Crippen molar-refractivity contribution in [2.75, 3.05) is 12.4 Å². The highest BCUT2D eigenvalue weighted by atomic mass is 35.5. The Morgan fingerprint density at radius 1 is 1.39 bits per heavy atom. The topological polar surface area (TPSA) is 47.0 Å². The summed E-state index contributed by atoms with van der Waals surface area (Å²) >= 11 is 6.14. The first kappa shape index (κ1) is 13.6. The number of halogens is 1. The normalized spacial score (nSPS) is 22.7. The van der Waals surface area contributed by atoms with E-state index in [1.807, 2.05) is 6.92 Å². The molecule has 0 radical (unpaired) electrons. The molecule has 0 atom stereocenters. The van der Waals surface area contributed by atoms with Crippen molar-refractivity contribution in [1.82, 2.24) is 9.97 Å². The van der Waals surface area contributed by atoms with Gasteiger partial charge in [0.25, 0.3) is 0 Å². The third-order valence-electron chi connectivity index (χ3n) is 3.38. The molecule has 1 aliphatic rings. The number of ether oxygens (including phenoxy) is 1. The van der Waals surface area contributed by atoms with Gasteiger partial charge in [-0.15, -0.1) is 0 Å². The molecule has 1 aromatic heterocycles. The molecule has 1 heterocycles. The van der Waals surface area contributed by atoms with Crippen LogP contribution >= 0.6 is 11.6 Å². The van der Waals surface area contributed by atoms with E-state index in [2.05, 4.69) is 22.2 Å². The zero-order chi connectivity index (χ0) is 13.1. The largest absolute Gasteiger partial charge is 0.381 e. The van der Waals surface area contributed by atoms with Crippen LogP contribution in [0.15, 0.2) is 0 Å². The Morgan fingerprint density at radius 2 is 2.11 bits per heavy atom. The van der Waals surface area contributed by atoms with E-state index in [0.29, 0.717) is 17.3 Å². The summed E-state index contributed by atoms with van der Waals surface area (Å²) in [4.78, 5) is 8.84. The number of nitrogens with zero attached hydrogens (tertiary/aromatic N) is 2. The van der Waals surface area contributed by atoms with E-state index in [-0.39, 0.29) is 0 Å². The van der Waals surface area contributed by atoms with Crippen LogP contribution in [0.1, 0.15) is 37.6 Å². The zero-order valence-electron chi connectivity index (χ0n) is 11.2. The van der Waals surface area contributed by atoms with E-state index >= 15 is 0 Å². The van der Waals surface area contributed by atoms with Gasteiger partial charge in [0.15, 0.2) is 0 Å². The molecule has 2 rings (SSSR count). The minimum Gasteiger partial charge on any atom is -0.381 e. The average Bonchev–Trinajstić information content (AvgIpc) is 2.29. The summed E-state index contributed by atoms with van der Waals surface area (Å²) in [5.74, 6) is 1.69. The van der Waals surface area contributed by atoms with Crippen LogP contribution in [0.2, 0.25) is 5.15 Å². The predicted molar refractivity (Wildman–Crippen MR) is 73.2 cm³/mol. The number of aryl methyl sites for hydroxylation is 1. The number of nitrogens with one attached hydrogen (secondary N) is 1. The van der Waals surface area contributed by atoms with Crippen LogP contribution in [-0.2, 0) is 11.2 Å². The van der Waals surface area contributed by atoms with Gasteiger partial charge in [-0.3, -0.25) is 0 Å². The summed E-state index contributed by atoms with van der Waals surface area (Å²) in [6, 6.07) is 0.439. The molecule has 1 aliphatic carbocycles. The summed E-state index contributed by atoms with van der Waals surface area (Å²) in [6.07, 6.45) is 4.32. The van der Waals surface area contributed by atoms with Crippen molar-refractivity contribution in [1.29, 1.82) is 0 Å². The van der Waals surface area contributed by atoms with Crippen LogP contribution in [0.4, 0.5) is 5.82 Å². The fraction of sp³-hybridized carbons (Fsp3) is 0.692. The molecule has 1 fully saturated rings. The number of hydrogen-bond acceptors (Lipinski definition) is 4. The van der Waals surface area contributed by atoms with E-state index in [4.69, 9.17) is 16.3 Å². The van der Waals surface area contributed by atoms with Crippen molar-refractivity contribution in [2.24, 2.45) is 0 Å². The van der Waals surface area contributed by atoms with E-state index in [1.54, 1.807) is 7.11 Å². The van der Waals surface area contributed by atoms with Gasteiger partial charge in [-0.05, 0) is 26.2 Å². The highest BCUT2D eigenvalue weighted by molar-refractivity contribution is 6.30. The summed E-state index contributed by atoms with van der Waals surface area (Å²) < 4.78 is 5.27. The van der Waals surface area contributed by atoms with Crippen LogP contribution in [0.5, 0.6) is 0 Å². The van der Waals surface area contributed by atoms with Gasteiger partial charge < -0.3 is 10.1 Å². The second kappa shape index (κ2) is 5.85. The maximum atomic E-state index is 6.14. The molecule has 0 unspecified atom stereocenters. The Bertz CT molecular complexity index is 419. The molecule has 1 saturated carbocycles. The summed E-state index contributed by atoms with van der Waals surface area (Å²) in [6.45, 7) is 4.06. The van der Waals surface area contributed by atoms with Crippen molar-refractivity contribution in [3.63, 3.8) is 0 Å². The molecule has 1 N–H and O–H groups in total. The number of hydrogen-bond donors (Lipinski definition) is 1. The van der Waals surface area contributed by atoms with Gasteiger partial charge in [0.05, 0.1) is 6.10 Å². The smallest absolute Gasteiger partial charge is 0.137 e. The lowest BCUT2D eigenvalue weighted by Crippen LogP contribution is -2.40. The maximum absolute atomic E-state index is 6.14. The quantitative estimate of drug-likeness (QED) is 0.835. The molecule has 0 bridgehead atoms. The fourth-order valence-electron chi connectivity index (χ4n) is 2.08. The van der Waals surface area contributed by atoms with Crippen molar-refractivity contribution < 1.29 is 4.74 Å². The zero-order valence-corrected chi connectivity index (χ0v) is 11.9. The van der Waals surface area contributed by atoms with Gasteiger partial charge in [-0.2, -0.15) is 0 Å². The van der Waals surface area contributed by atoms with Gasteiger partial charge in [-0.25, -0.2) is 9.97 Å². The first-order valence-electron chi connectivity index (χ1n) is 6.46. The fourth-order valence-corrected chi connectivity index (χ4v) is 2.27. The predicted octanol–water partition coefficient (Wildman–Crippen LogP) is 2.98. The Hall–Kier alpha value is -0.870. The third kappa shape index (κ3) is 2.93. The molecule has 5 heteroatoms. The summed E-state index contributed by atoms with van der Waals surface area (Å²) in [5.41, 5.74) is 0.928. The number of anilines is 1. The Balaban J connectivity index is 2.07. The van der Waals surface area contributed by atoms with Crippen LogP contribution in [0.25, 0.3) is 0 Å². The van der Waals surface area contributed by atoms with E-state index in [9.17, 15) is 0 Å². The SMILES string of the molecule is CCCc1nc(Cl)c(C)c(NC2CC(OC)C2)n1. The Kier molecular flexibility index (Phi) is 4.40. The van der Waals surface area contributed by atoms with Crippen molar-refractivity contribution >= 4 is 17.4 Å². The molecule has 0 saturated heterocycles. The van der Waals surface area contributed by atoms with Gasteiger partial charge in [0, 0.05) is 25.1 Å². The van der Waals surface area contributed by atoms with Crippen LogP contribution in [0, 0.1) is 6.92 Å². The first-order chi connectivity index (χ1) is 8.63. The summed E-state index contributed by atoms with van der Waals surface area (Å²) in [7, 11) is 1.76. The molecular weight excluding hydrogens is 250 g/mol. The standard InChI is InChI=1S/C13H20ClN3O/c1-4-5-11-16-12(14)8(2)13(17-11)15-9-6-10(7-9)18-3/h9-10H,4-7H2,1-3H3,(H,15,16,17). The highest BCUT2D eigenvalue weighted by Gasteiger charge is 2.29. The lowest BCUT2D eigenvalue weighted by molar-refractivity contribution is 0.0327. The monoisotopic (exact) mass is 269 g/mol. The molecule has 4 nitrogen and oxygen atoms in total. The number of rotatable bonds is 5. The molecular formula is C13H20ClN3O.